The lowest BCUT2D eigenvalue weighted by Crippen LogP contribution is -2.37. The maximum absolute atomic E-state index is 12.3. The number of benzene rings is 2. The molecule has 0 atom stereocenters. The van der Waals surface area contributed by atoms with Gasteiger partial charge in [-0.05, 0) is 49.6 Å². The van der Waals surface area contributed by atoms with Crippen molar-refractivity contribution in [3.8, 4) is 0 Å². The van der Waals surface area contributed by atoms with Gasteiger partial charge in [-0.25, -0.2) is 0 Å². The van der Waals surface area contributed by atoms with E-state index in [0.717, 1.165) is 28.9 Å². The molecule has 2 aromatic rings. The molecule has 126 valence electrons. The zero-order chi connectivity index (χ0) is 17.7. The first-order chi connectivity index (χ1) is 11.4. The lowest BCUT2D eigenvalue weighted by molar-refractivity contribution is -0.120. The number of carbonyl (C=O) groups is 2. The summed E-state index contributed by atoms with van der Waals surface area (Å²) in [6, 6.07) is 13.6. The quantitative estimate of drug-likeness (QED) is 0.908. The van der Waals surface area contributed by atoms with E-state index in [-0.39, 0.29) is 18.4 Å². The SMILES string of the molecule is CCc1ccc(NC(=O)CN(C(C)=O)c2ccc(C)cc2C)cc1. The monoisotopic (exact) mass is 324 g/mol. The van der Waals surface area contributed by atoms with E-state index in [9.17, 15) is 9.59 Å². The molecule has 0 radical (unpaired) electrons. The minimum Gasteiger partial charge on any atom is -0.325 e. The minimum absolute atomic E-state index is 0.00519. The van der Waals surface area contributed by atoms with Crippen molar-refractivity contribution in [3.63, 3.8) is 0 Å². The molecule has 0 heterocycles. The summed E-state index contributed by atoms with van der Waals surface area (Å²) in [5.41, 5.74) is 4.82. The largest absolute Gasteiger partial charge is 0.325 e. The second-order valence-corrected chi connectivity index (χ2v) is 5.99. The van der Waals surface area contributed by atoms with Gasteiger partial charge < -0.3 is 10.2 Å². The van der Waals surface area contributed by atoms with E-state index in [1.165, 1.54) is 17.4 Å². The first kappa shape index (κ1) is 17.7. The average molecular weight is 324 g/mol. The molecule has 0 aromatic heterocycles. The third-order valence-corrected chi connectivity index (χ3v) is 3.97. The van der Waals surface area contributed by atoms with Crippen molar-refractivity contribution >= 4 is 23.2 Å². The zero-order valence-electron chi connectivity index (χ0n) is 14.7. The number of hydrogen-bond donors (Lipinski definition) is 1. The highest BCUT2D eigenvalue weighted by Crippen LogP contribution is 2.21. The molecule has 0 fully saturated rings. The summed E-state index contributed by atoms with van der Waals surface area (Å²) in [5, 5.41) is 2.85. The molecule has 0 aliphatic carbocycles. The molecule has 2 amide bonds. The topological polar surface area (TPSA) is 49.4 Å². The van der Waals surface area contributed by atoms with Gasteiger partial charge in [0.1, 0.15) is 6.54 Å². The molecule has 2 aromatic carbocycles. The first-order valence-electron chi connectivity index (χ1n) is 8.15. The number of aryl methyl sites for hydroxylation is 3. The van der Waals surface area contributed by atoms with Gasteiger partial charge in [-0.15, -0.1) is 0 Å². The van der Waals surface area contributed by atoms with Crippen molar-refractivity contribution < 1.29 is 9.59 Å². The fraction of sp³-hybridized carbons (Fsp3) is 0.300. The fourth-order valence-corrected chi connectivity index (χ4v) is 2.64. The predicted molar refractivity (Wildman–Crippen MR) is 98.4 cm³/mol. The van der Waals surface area contributed by atoms with Crippen LogP contribution in [-0.4, -0.2) is 18.4 Å². The molecule has 0 saturated heterocycles. The second-order valence-electron chi connectivity index (χ2n) is 5.99. The first-order valence-corrected chi connectivity index (χ1v) is 8.15. The number of nitrogens with zero attached hydrogens (tertiary/aromatic N) is 1. The Labute approximate surface area is 143 Å². The smallest absolute Gasteiger partial charge is 0.244 e. The molecular formula is C20H24N2O2. The van der Waals surface area contributed by atoms with Crippen LogP contribution in [-0.2, 0) is 16.0 Å². The molecule has 0 saturated carbocycles. The number of carbonyl (C=O) groups excluding carboxylic acids is 2. The van der Waals surface area contributed by atoms with Crippen molar-refractivity contribution in [2.24, 2.45) is 0 Å². The van der Waals surface area contributed by atoms with Crippen molar-refractivity contribution in [1.82, 2.24) is 0 Å². The highest BCUT2D eigenvalue weighted by atomic mass is 16.2. The maximum atomic E-state index is 12.3. The molecule has 0 unspecified atom stereocenters. The van der Waals surface area contributed by atoms with Crippen LogP contribution in [0.3, 0.4) is 0 Å². The molecule has 4 heteroatoms. The van der Waals surface area contributed by atoms with E-state index in [0.29, 0.717) is 0 Å². The van der Waals surface area contributed by atoms with Gasteiger partial charge in [0.2, 0.25) is 11.8 Å². The summed E-state index contributed by atoms with van der Waals surface area (Å²) in [5.74, 6) is -0.368. The molecular weight excluding hydrogens is 300 g/mol. The van der Waals surface area contributed by atoms with Crippen LogP contribution in [0, 0.1) is 13.8 Å². The molecule has 0 aliphatic heterocycles. The third-order valence-electron chi connectivity index (χ3n) is 3.97. The van der Waals surface area contributed by atoms with E-state index in [1.54, 1.807) is 0 Å². The summed E-state index contributed by atoms with van der Waals surface area (Å²) in [7, 11) is 0. The van der Waals surface area contributed by atoms with Crippen LogP contribution in [0.1, 0.15) is 30.5 Å². The van der Waals surface area contributed by atoms with E-state index >= 15 is 0 Å². The maximum Gasteiger partial charge on any atom is 0.244 e. The normalized spacial score (nSPS) is 10.3. The number of amides is 2. The summed E-state index contributed by atoms with van der Waals surface area (Å²) in [6.45, 7) is 7.50. The van der Waals surface area contributed by atoms with Gasteiger partial charge in [0.05, 0.1) is 0 Å². The zero-order valence-corrected chi connectivity index (χ0v) is 14.7. The van der Waals surface area contributed by atoms with Crippen molar-refractivity contribution in [3.05, 3.63) is 59.2 Å². The van der Waals surface area contributed by atoms with E-state index in [1.807, 2.05) is 56.3 Å². The van der Waals surface area contributed by atoms with Gasteiger partial charge in [-0.2, -0.15) is 0 Å². The average Bonchev–Trinajstić information content (AvgIpc) is 2.54. The van der Waals surface area contributed by atoms with Crippen molar-refractivity contribution in [2.45, 2.75) is 34.1 Å². The molecule has 4 nitrogen and oxygen atoms in total. The van der Waals surface area contributed by atoms with Crippen LogP contribution >= 0.6 is 0 Å². The van der Waals surface area contributed by atoms with E-state index in [2.05, 4.69) is 12.2 Å². The lowest BCUT2D eigenvalue weighted by Gasteiger charge is -2.23. The van der Waals surface area contributed by atoms with E-state index < -0.39 is 0 Å². The summed E-state index contributed by atoms with van der Waals surface area (Å²) in [6.07, 6.45) is 0.957. The lowest BCUT2D eigenvalue weighted by atomic mass is 10.1. The molecule has 0 bridgehead atoms. The van der Waals surface area contributed by atoms with Gasteiger partial charge >= 0.3 is 0 Å². The molecule has 0 aliphatic rings. The van der Waals surface area contributed by atoms with Crippen LogP contribution in [0.2, 0.25) is 0 Å². The third kappa shape index (κ3) is 4.44. The second kappa shape index (κ2) is 7.77. The number of anilines is 2. The molecule has 0 spiro atoms. The number of rotatable bonds is 5. The van der Waals surface area contributed by atoms with Gasteiger partial charge in [0.25, 0.3) is 0 Å². The van der Waals surface area contributed by atoms with E-state index in [4.69, 9.17) is 0 Å². The number of hydrogen-bond acceptors (Lipinski definition) is 2. The van der Waals surface area contributed by atoms with Crippen LogP contribution in [0.5, 0.6) is 0 Å². The Hall–Kier alpha value is -2.62. The summed E-state index contributed by atoms with van der Waals surface area (Å²) in [4.78, 5) is 25.8. The van der Waals surface area contributed by atoms with Crippen LogP contribution in [0.4, 0.5) is 11.4 Å². The van der Waals surface area contributed by atoms with Gasteiger partial charge in [0.15, 0.2) is 0 Å². The Balaban J connectivity index is 2.12. The molecule has 1 N–H and O–H groups in total. The fourth-order valence-electron chi connectivity index (χ4n) is 2.64. The standard InChI is InChI=1S/C20H24N2O2/c1-5-17-7-9-18(10-8-17)21-20(24)13-22(16(4)23)19-11-6-14(2)12-15(19)3/h6-12H,5,13H2,1-4H3,(H,21,24). The predicted octanol–water partition coefficient (Wildman–Crippen LogP) is 3.86. The summed E-state index contributed by atoms with van der Waals surface area (Å²) >= 11 is 0. The Morgan fingerprint density at radius 1 is 1.04 bits per heavy atom. The van der Waals surface area contributed by atoms with Crippen LogP contribution in [0.25, 0.3) is 0 Å². The van der Waals surface area contributed by atoms with Gasteiger partial charge in [0, 0.05) is 18.3 Å². The Morgan fingerprint density at radius 2 is 1.71 bits per heavy atom. The van der Waals surface area contributed by atoms with Crippen molar-refractivity contribution in [1.29, 1.82) is 0 Å². The summed E-state index contributed by atoms with van der Waals surface area (Å²) < 4.78 is 0. The highest BCUT2D eigenvalue weighted by molar-refractivity contribution is 6.02. The Bertz CT molecular complexity index is 736. The van der Waals surface area contributed by atoms with Crippen LogP contribution in [0.15, 0.2) is 42.5 Å². The molecule has 2 rings (SSSR count). The Kier molecular flexibility index (Phi) is 5.74. The number of nitrogens with one attached hydrogen (secondary N) is 1. The van der Waals surface area contributed by atoms with Crippen LogP contribution < -0.4 is 10.2 Å². The molecule has 24 heavy (non-hydrogen) atoms. The highest BCUT2D eigenvalue weighted by Gasteiger charge is 2.17. The Morgan fingerprint density at radius 3 is 2.25 bits per heavy atom. The van der Waals surface area contributed by atoms with Crippen molar-refractivity contribution in [2.75, 3.05) is 16.8 Å². The minimum atomic E-state index is -0.213. The van der Waals surface area contributed by atoms with Gasteiger partial charge in [-0.3, -0.25) is 9.59 Å². The van der Waals surface area contributed by atoms with Gasteiger partial charge in [-0.1, -0.05) is 36.8 Å².